The summed E-state index contributed by atoms with van der Waals surface area (Å²) in [6.45, 7) is 3.83. The summed E-state index contributed by atoms with van der Waals surface area (Å²) >= 11 is 0. The van der Waals surface area contributed by atoms with Gasteiger partial charge in [-0.05, 0) is 44.5 Å². The Labute approximate surface area is 169 Å². The predicted molar refractivity (Wildman–Crippen MR) is 110 cm³/mol. The number of amides is 1. The highest BCUT2D eigenvalue weighted by molar-refractivity contribution is 5.91. The van der Waals surface area contributed by atoms with Crippen molar-refractivity contribution in [3.05, 3.63) is 54.2 Å². The molecule has 29 heavy (non-hydrogen) atoms. The highest BCUT2D eigenvalue weighted by atomic mass is 16.5. The third-order valence-corrected chi connectivity index (χ3v) is 5.09. The molecule has 0 spiro atoms. The topological polar surface area (TPSA) is 110 Å². The minimum Gasteiger partial charge on any atom is -0.384 e. The number of nitrogens with two attached hydrogens (primary N) is 1. The Kier molecular flexibility index (Phi) is 5.53. The minimum absolute atomic E-state index is 0.0851. The molecule has 4 heterocycles. The molecule has 3 aromatic heterocycles. The van der Waals surface area contributed by atoms with Crippen LogP contribution in [0.2, 0.25) is 0 Å². The van der Waals surface area contributed by atoms with E-state index in [0.29, 0.717) is 29.9 Å². The smallest absolute Gasteiger partial charge is 0.239 e. The Morgan fingerprint density at radius 3 is 2.69 bits per heavy atom. The first-order valence-electron chi connectivity index (χ1n) is 9.70. The summed E-state index contributed by atoms with van der Waals surface area (Å²) in [5.41, 5.74) is 8.70. The van der Waals surface area contributed by atoms with E-state index in [9.17, 15) is 4.79 Å². The van der Waals surface area contributed by atoms with Gasteiger partial charge in [0.2, 0.25) is 5.91 Å². The quantitative estimate of drug-likeness (QED) is 0.687. The standard InChI is InChI=1S/C21H24N6O2/c1-14-9-20(26-29-14)25-21(28)13-27-8-2-3-17(12-27)18-6-4-15(10-23-18)16-5-7-19(22)24-11-16/h4-7,9-11,17H,2-3,8,12-13H2,1H3,(H2,22,24)(H,25,26,28). The maximum absolute atomic E-state index is 12.3. The molecule has 1 atom stereocenters. The van der Waals surface area contributed by atoms with Crippen molar-refractivity contribution in [2.24, 2.45) is 0 Å². The fraction of sp³-hybridized carbons (Fsp3) is 0.333. The van der Waals surface area contributed by atoms with Crippen LogP contribution in [-0.4, -0.2) is 45.6 Å². The predicted octanol–water partition coefficient (Wildman–Crippen LogP) is 2.84. The van der Waals surface area contributed by atoms with Crippen LogP contribution in [0.25, 0.3) is 11.1 Å². The summed E-state index contributed by atoms with van der Waals surface area (Å²) in [5.74, 6) is 1.85. The SMILES string of the molecule is Cc1cc(NC(=O)CN2CCCC(c3ccc(-c4ccc(N)nc4)cn3)C2)no1. The third-order valence-electron chi connectivity index (χ3n) is 5.09. The van der Waals surface area contributed by atoms with Gasteiger partial charge >= 0.3 is 0 Å². The molecule has 150 valence electrons. The van der Waals surface area contributed by atoms with Crippen LogP contribution in [0.4, 0.5) is 11.6 Å². The van der Waals surface area contributed by atoms with Gasteiger partial charge in [0, 0.05) is 47.7 Å². The van der Waals surface area contributed by atoms with E-state index in [0.717, 1.165) is 42.8 Å². The summed E-state index contributed by atoms with van der Waals surface area (Å²) in [7, 11) is 0. The second-order valence-corrected chi connectivity index (χ2v) is 7.39. The van der Waals surface area contributed by atoms with Gasteiger partial charge in [-0.15, -0.1) is 0 Å². The normalized spacial score (nSPS) is 17.2. The number of hydrogen-bond donors (Lipinski definition) is 2. The van der Waals surface area contributed by atoms with Gasteiger partial charge in [0.25, 0.3) is 0 Å². The van der Waals surface area contributed by atoms with Crippen LogP contribution in [0.5, 0.6) is 0 Å². The molecule has 8 nitrogen and oxygen atoms in total. The van der Waals surface area contributed by atoms with E-state index in [1.54, 1.807) is 25.3 Å². The summed E-state index contributed by atoms with van der Waals surface area (Å²) in [5, 5.41) is 6.58. The van der Waals surface area contributed by atoms with E-state index in [2.05, 4.69) is 37.5 Å². The van der Waals surface area contributed by atoms with Crippen LogP contribution in [0.3, 0.4) is 0 Å². The van der Waals surface area contributed by atoms with E-state index in [1.807, 2.05) is 12.3 Å². The zero-order chi connectivity index (χ0) is 20.2. The lowest BCUT2D eigenvalue weighted by Gasteiger charge is -2.31. The van der Waals surface area contributed by atoms with Crippen LogP contribution < -0.4 is 11.1 Å². The molecule has 3 aromatic rings. The number of piperidine rings is 1. The van der Waals surface area contributed by atoms with Crippen molar-refractivity contribution < 1.29 is 9.32 Å². The first-order valence-corrected chi connectivity index (χ1v) is 9.70. The molecule has 3 N–H and O–H groups in total. The van der Waals surface area contributed by atoms with Crippen LogP contribution >= 0.6 is 0 Å². The molecule has 0 saturated carbocycles. The first kappa shape index (κ1) is 19.1. The lowest BCUT2D eigenvalue weighted by Crippen LogP contribution is -2.40. The number of pyridine rings is 2. The number of rotatable bonds is 5. The number of aryl methyl sites for hydroxylation is 1. The van der Waals surface area contributed by atoms with Gasteiger partial charge in [0.1, 0.15) is 11.6 Å². The van der Waals surface area contributed by atoms with E-state index in [-0.39, 0.29) is 5.91 Å². The molecule has 1 amide bonds. The fourth-order valence-corrected chi connectivity index (χ4v) is 3.64. The number of anilines is 2. The van der Waals surface area contributed by atoms with Crippen molar-refractivity contribution in [1.82, 2.24) is 20.0 Å². The molecule has 1 saturated heterocycles. The molecule has 0 bridgehead atoms. The molecule has 0 radical (unpaired) electrons. The number of hydrogen-bond acceptors (Lipinski definition) is 7. The monoisotopic (exact) mass is 392 g/mol. The van der Waals surface area contributed by atoms with Gasteiger partial charge < -0.3 is 15.6 Å². The Balaban J connectivity index is 1.36. The first-order chi connectivity index (χ1) is 14.1. The van der Waals surface area contributed by atoms with E-state index < -0.39 is 0 Å². The van der Waals surface area contributed by atoms with Crippen molar-refractivity contribution in [2.75, 3.05) is 30.7 Å². The number of aromatic nitrogens is 3. The molecular weight excluding hydrogens is 368 g/mol. The van der Waals surface area contributed by atoms with Crippen LogP contribution in [0.1, 0.15) is 30.2 Å². The molecule has 0 aliphatic carbocycles. The lowest BCUT2D eigenvalue weighted by atomic mass is 9.93. The number of nitrogen functional groups attached to an aromatic ring is 1. The summed E-state index contributed by atoms with van der Waals surface area (Å²) in [6, 6.07) is 9.56. The van der Waals surface area contributed by atoms with Crippen LogP contribution in [0.15, 0.2) is 47.2 Å². The Morgan fingerprint density at radius 2 is 2.03 bits per heavy atom. The third kappa shape index (κ3) is 4.78. The minimum atomic E-state index is -0.0851. The summed E-state index contributed by atoms with van der Waals surface area (Å²) < 4.78 is 4.98. The Morgan fingerprint density at radius 1 is 1.24 bits per heavy atom. The van der Waals surface area contributed by atoms with Crippen LogP contribution in [-0.2, 0) is 4.79 Å². The fourth-order valence-electron chi connectivity index (χ4n) is 3.64. The van der Waals surface area contributed by atoms with Gasteiger partial charge in [-0.25, -0.2) is 4.98 Å². The van der Waals surface area contributed by atoms with Crippen molar-refractivity contribution in [3.8, 4) is 11.1 Å². The molecule has 8 heteroatoms. The van der Waals surface area contributed by atoms with Crippen molar-refractivity contribution >= 4 is 17.5 Å². The summed E-state index contributed by atoms with van der Waals surface area (Å²) in [4.78, 5) is 23.3. The second-order valence-electron chi connectivity index (χ2n) is 7.39. The largest absolute Gasteiger partial charge is 0.384 e. The van der Waals surface area contributed by atoms with Crippen LogP contribution in [0, 0.1) is 6.92 Å². The number of likely N-dealkylation sites (tertiary alicyclic amines) is 1. The van der Waals surface area contributed by atoms with Gasteiger partial charge in [-0.3, -0.25) is 14.7 Å². The lowest BCUT2D eigenvalue weighted by molar-refractivity contribution is -0.117. The molecule has 4 rings (SSSR count). The maximum atomic E-state index is 12.3. The zero-order valence-corrected chi connectivity index (χ0v) is 16.3. The van der Waals surface area contributed by atoms with E-state index >= 15 is 0 Å². The Bertz CT molecular complexity index is 968. The zero-order valence-electron chi connectivity index (χ0n) is 16.3. The van der Waals surface area contributed by atoms with Crippen molar-refractivity contribution in [2.45, 2.75) is 25.7 Å². The maximum Gasteiger partial charge on any atom is 0.239 e. The number of nitrogens with zero attached hydrogens (tertiary/aromatic N) is 4. The average molecular weight is 392 g/mol. The van der Waals surface area contributed by atoms with Gasteiger partial charge in [0.15, 0.2) is 5.82 Å². The molecule has 1 aliphatic rings. The molecular formula is C21H24N6O2. The van der Waals surface area contributed by atoms with Gasteiger partial charge in [0.05, 0.1) is 6.54 Å². The van der Waals surface area contributed by atoms with Crippen molar-refractivity contribution in [1.29, 1.82) is 0 Å². The van der Waals surface area contributed by atoms with E-state index in [1.165, 1.54) is 0 Å². The second kappa shape index (κ2) is 8.40. The molecule has 0 aromatic carbocycles. The average Bonchev–Trinajstić information content (AvgIpc) is 3.13. The highest BCUT2D eigenvalue weighted by Gasteiger charge is 2.24. The van der Waals surface area contributed by atoms with Crippen molar-refractivity contribution in [3.63, 3.8) is 0 Å². The highest BCUT2D eigenvalue weighted by Crippen LogP contribution is 2.27. The summed E-state index contributed by atoms with van der Waals surface area (Å²) in [6.07, 6.45) is 5.73. The van der Waals surface area contributed by atoms with Gasteiger partial charge in [-0.1, -0.05) is 11.2 Å². The van der Waals surface area contributed by atoms with E-state index in [4.69, 9.17) is 10.3 Å². The molecule has 1 fully saturated rings. The number of nitrogens with one attached hydrogen (secondary N) is 1. The number of carbonyl (C=O) groups is 1. The Hall–Kier alpha value is -3.26. The van der Waals surface area contributed by atoms with Gasteiger partial charge in [-0.2, -0.15) is 0 Å². The molecule has 1 unspecified atom stereocenters. The number of carbonyl (C=O) groups excluding carboxylic acids is 1. The molecule has 1 aliphatic heterocycles.